The van der Waals surface area contributed by atoms with Crippen LogP contribution in [0.15, 0.2) is 45.4 Å². The minimum Gasteiger partial charge on any atom is -0.467 e. The monoisotopic (exact) mass is 330 g/mol. The lowest BCUT2D eigenvalue weighted by Gasteiger charge is -2.21. The van der Waals surface area contributed by atoms with Gasteiger partial charge >= 0.3 is 0 Å². The van der Waals surface area contributed by atoms with Gasteiger partial charge in [0, 0.05) is 19.3 Å². The minimum absolute atomic E-state index is 0.0925. The van der Waals surface area contributed by atoms with Gasteiger partial charge in [0.15, 0.2) is 6.54 Å². The number of carbonyl (C=O) groups excluding carboxylic acids is 1. The van der Waals surface area contributed by atoms with Crippen LogP contribution >= 0.6 is 11.3 Å². The molecule has 2 aromatic heterocycles. The van der Waals surface area contributed by atoms with Crippen LogP contribution in [0.5, 0.6) is 0 Å². The molecule has 1 amide bonds. The van der Waals surface area contributed by atoms with Gasteiger partial charge in [0.1, 0.15) is 11.8 Å². The Morgan fingerprint density at radius 1 is 1.35 bits per heavy atom. The predicted octanol–water partition coefficient (Wildman–Crippen LogP) is 1.70. The highest BCUT2D eigenvalue weighted by Crippen LogP contribution is 2.33. The molecular weight excluding hydrogens is 310 g/mol. The van der Waals surface area contributed by atoms with Crippen molar-refractivity contribution in [2.45, 2.75) is 25.3 Å². The van der Waals surface area contributed by atoms with E-state index in [-0.39, 0.29) is 11.9 Å². The quantitative estimate of drug-likeness (QED) is 0.928. The Bertz CT molecular complexity index is 688. The van der Waals surface area contributed by atoms with Crippen LogP contribution in [0.1, 0.15) is 35.9 Å². The number of likely N-dealkylation sites (tertiary alicyclic amines) is 1. The van der Waals surface area contributed by atoms with E-state index >= 15 is 0 Å². The molecule has 0 saturated carbocycles. The summed E-state index contributed by atoms with van der Waals surface area (Å²) in [5.74, 6) is 0.903. The lowest BCUT2D eigenvalue weighted by Crippen LogP contribution is -3.11. The standard InChI is InChI=1S/C17H19N3O2S/c21-17(12-19-7-1-2-8-19)20-14(15-5-3-9-22-15)11-13(18-20)16-6-4-10-23-16/h3-6,9-10,14H,1-2,7-8,11-12H2/p+1/t14-/m1/s1. The lowest BCUT2D eigenvalue weighted by molar-refractivity contribution is -0.879. The van der Waals surface area contributed by atoms with Gasteiger partial charge in [0.25, 0.3) is 5.91 Å². The van der Waals surface area contributed by atoms with Gasteiger partial charge in [-0.25, -0.2) is 5.01 Å². The van der Waals surface area contributed by atoms with E-state index in [4.69, 9.17) is 4.42 Å². The van der Waals surface area contributed by atoms with Crippen molar-refractivity contribution in [3.8, 4) is 0 Å². The summed E-state index contributed by atoms with van der Waals surface area (Å²) in [6.07, 6.45) is 4.81. The van der Waals surface area contributed by atoms with Gasteiger partial charge in [-0.05, 0) is 23.6 Å². The maximum absolute atomic E-state index is 12.8. The first-order valence-corrected chi connectivity index (χ1v) is 8.99. The van der Waals surface area contributed by atoms with Crippen molar-refractivity contribution >= 4 is 23.0 Å². The Balaban J connectivity index is 1.57. The molecule has 4 heterocycles. The van der Waals surface area contributed by atoms with Crippen LogP contribution in [0.3, 0.4) is 0 Å². The van der Waals surface area contributed by atoms with E-state index in [0.717, 1.165) is 35.9 Å². The first kappa shape index (κ1) is 14.7. The van der Waals surface area contributed by atoms with Crippen molar-refractivity contribution in [1.82, 2.24) is 5.01 Å². The summed E-state index contributed by atoms with van der Waals surface area (Å²) in [4.78, 5) is 15.3. The molecule has 23 heavy (non-hydrogen) atoms. The minimum atomic E-state index is -0.114. The Kier molecular flexibility index (Phi) is 4.01. The number of thiophene rings is 1. The molecule has 1 N–H and O–H groups in total. The number of quaternary nitrogens is 1. The van der Waals surface area contributed by atoms with Crippen LogP contribution in [0.4, 0.5) is 0 Å². The fourth-order valence-electron chi connectivity index (χ4n) is 3.38. The number of hydrogen-bond acceptors (Lipinski definition) is 4. The Hall–Kier alpha value is -1.92. The summed E-state index contributed by atoms with van der Waals surface area (Å²) < 4.78 is 5.56. The molecule has 2 aliphatic rings. The summed E-state index contributed by atoms with van der Waals surface area (Å²) in [5, 5.41) is 8.34. The second-order valence-corrected chi connectivity index (χ2v) is 7.08. The molecule has 0 spiro atoms. The van der Waals surface area contributed by atoms with Crippen LogP contribution in [0.25, 0.3) is 0 Å². The zero-order valence-electron chi connectivity index (χ0n) is 12.9. The molecule has 4 rings (SSSR count). The number of amides is 1. The van der Waals surface area contributed by atoms with Crippen molar-refractivity contribution in [2.75, 3.05) is 19.6 Å². The van der Waals surface area contributed by atoms with Crippen LogP contribution < -0.4 is 4.90 Å². The van der Waals surface area contributed by atoms with Crippen molar-refractivity contribution < 1.29 is 14.1 Å². The van der Waals surface area contributed by atoms with E-state index in [9.17, 15) is 4.79 Å². The Labute approximate surface area is 139 Å². The normalized spacial score (nSPS) is 21.8. The third-order valence-electron chi connectivity index (χ3n) is 4.55. The van der Waals surface area contributed by atoms with E-state index in [1.54, 1.807) is 22.6 Å². The fraction of sp³-hybridized carbons (Fsp3) is 0.412. The first-order chi connectivity index (χ1) is 11.3. The van der Waals surface area contributed by atoms with E-state index in [0.29, 0.717) is 6.54 Å². The highest BCUT2D eigenvalue weighted by Gasteiger charge is 2.36. The number of nitrogens with one attached hydrogen (secondary N) is 1. The van der Waals surface area contributed by atoms with Crippen LogP contribution in [-0.4, -0.2) is 36.3 Å². The molecule has 0 radical (unpaired) electrons. The van der Waals surface area contributed by atoms with E-state index in [1.165, 1.54) is 17.7 Å². The van der Waals surface area contributed by atoms with Crippen LogP contribution in [-0.2, 0) is 4.79 Å². The molecule has 0 aliphatic carbocycles. The van der Waals surface area contributed by atoms with Crippen LogP contribution in [0.2, 0.25) is 0 Å². The molecule has 1 fully saturated rings. The number of nitrogens with zero attached hydrogens (tertiary/aromatic N) is 2. The van der Waals surface area contributed by atoms with Crippen LogP contribution in [0, 0.1) is 0 Å². The SMILES string of the molecule is O=C(C[NH+]1CCCC1)N1N=C(c2cccs2)C[C@@H]1c1ccco1. The maximum atomic E-state index is 12.8. The third-order valence-corrected chi connectivity index (χ3v) is 5.47. The largest absolute Gasteiger partial charge is 0.467 e. The molecule has 2 aromatic rings. The maximum Gasteiger partial charge on any atom is 0.298 e. The molecule has 0 aromatic carbocycles. The van der Waals surface area contributed by atoms with E-state index in [2.05, 4.69) is 11.2 Å². The van der Waals surface area contributed by atoms with Gasteiger partial charge in [0.05, 0.1) is 29.9 Å². The molecule has 6 heteroatoms. The zero-order chi connectivity index (χ0) is 15.6. The average Bonchev–Trinajstić information content (AvgIpc) is 3.30. The smallest absolute Gasteiger partial charge is 0.298 e. The van der Waals surface area contributed by atoms with Crippen molar-refractivity contribution in [3.05, 3.63) is 46.5 Å². The Morgan fingerprint density at radius 2 is 2.22 bits per heavy atom. The highest BCUT2D eigenvalue weighted by molar-refractivity contribution is 7.12. The van der Waals surface area contributed by atoms with Crippen molar-refractivity contribution in [3.63, 3.8) is 0 Å². The van der Waals surface area contributed by atoms with E-state index in [1.807, 2.05) is 23.6 Å². The molecule has 0 bridgehead atoms. The molecular formula is C17H20N3O2S+. The second kappa shape index (κ2) is 6.29. The third kappa shape index (κ3) is 2.96. The molecule has 120 valence electrons. The summed E-state index contributed by atoms with van der Waals surface area (Å²) >= 11 is 1.66. The average molecular weight is 330 g/mol. The number of rotatable bonds is 4. The topological polar surface area (TPSA) is 50.2 Å². The van der Waals surface area contributed by atoms with Gasteiger partial charge in [-0.1, -0.05) is 6.07 Å². The molecule has 5 nitrogen and oxygen atoms in total. The van der Waals surface area contributed by atoms with Gasteiger partial charge in [-0.3, -0.25) is 4.79 Å². The summed E-state index contributed by atoms with van der Waals surface area (Å²) in [6, 6.07) is 7.76. The van der Waals surface area contributed by atoms with Crippen molar-refractivity contribution in [2.24, 2.45) is 5.10 Å². The van der Waals surface area contributed by atoms with E-state index < -0.39 is 0 Å². The number of hydrogen-bond donors (Lipinski definition) is 1. The van der Waals surface area contributed by atoms with Gasteiger partial charge in [-0.2, -0.15) is 5.10 Å². The van der Waals surface area contributed by atoms with Gasteiger partial charge < -0.3 is 9.32 Å². The fourth-order valence-corrected chi connectivity index (χ4v) is 4.10. The Morgan fingerprint density at radius 3 is 2.91 bits per heavy atom. The zero-order valence-corrected chi connectivity index (χ0v) is 13.7. The molecule has 1 saturated heterocycles. The predicted molar refractivity (Wildman–Crippen MR) is 88.6 cm³/mol. The van der Waals surface area contributed by atoms with Gasteiger partial charge in [-0.15, -0.1) is 11.3 Å². The van der Waals surface area contributed by atoms with Gasteiger partial charge in [0.2, 0.25) is 0 Å². The number of hydrazone groups is 1. The molecule has 2 aliphatic heterocycles. The second-order valence-electron chi connectivity index (χ2n) is 6.13. The molecule has 1 atom stereocenters. The lowest BCUT2D eigenvalue weighted by atomic mass is 10.1. The number of furan rings is 1. The molecule has 0 unspecified atom stereocenters. The van der Waals surface area contributed by atoms with Crippen molar-refractivity contribution in [1.29, 1.82) is 0 Å². The first-order valence-electron chi connectivity index (χ1n) is 8.11. The summed E-state index contributed by atoms with van der Waals surface area (Å²) in [5.41, 5.74) is 0.978. The highest BCUT2D eigenvalue weighted by atomic mass is 32.1. The summed E-state index contributed by atoms with van der Waals surface area (Å²) in [6.45, 7) is 2.71. The summed E-state index contributed by atoms with van der Waals surface area (Å²) in [7, 11) is 0. The number of carbonyl (C=O) groups is 1.